The Morgan fingerprint density at radius 2 is 1.23 bits per heavy atom. The molecule has 0 N–H and O–H groups in total. The lowest BCUT2D eigenvalue weighted by atomic mass is 10.2. The molecule has 6 heteroatoms. The van der Waals surface area contributed by atoms with Crippen LogP contribution in [0.5, 0.6) is 5.75 Å². The largest absolute Gasteiger partial charge is 0.425 e. The summed E-state index contributed by atoms with van der Waals surface area (Å²) in [6.45, 7) is 1.39. The fraction of sp³-hybridized carbons (Fsp3) is 0.0500. The maximum atomic E-state index is 11.4. The van der Waals surface area contributed by atoms with Gasteiger partial charge < -0.3 is 9.64 Å². The molecule has 3 nitrogen and oxygen atoms in total. The van der Waals surface area contributed by atoms with Crippen LogP contribution in [-0.4, -0.2) is 5.97 Å². The minimum Gasteiger partial charge on any atom is -0.425 e. The molecule has 0 atom stereocenters. The molecule has 3 rings (SSSR count). The molecule has 0 aliphatic carbocycles. The lowest BCUT2D eigenvalue weighted by Crippen LogP contribution is -2.10. The van der Waals surface area contributed by atoms with Gasteiger partial charge in [0.2, 0.25) is 0 Å². The number of rotatable bonds is 4. The van der Waals surface area contributed by atoms with Crippen molar-refractivity contribution in [1.82, 2.24) is 0 Å². The third-order valence-electron chi connectivity index (χ3n) is 3.60. The lowest BCUT2D eigenvalue weighted by Gasteiger charge is -2.26. The van der Waals surface area contributed by atoms with Gasteiger partial charge in [0, 0.05) is 39.0 Å². The molecule has 0 aliphatic rings. The SMILES string of the molecule is CC(=O)Oc1cc(N(c2ccc(Br)cc2)c2ccc(Br)cc2)ccc1Br. The minimum absolute atomic E-state index is 0.360. The molecule has 3 aromatic rings. The zero-order valence-electron chi connectivity index (χ0n) is 13.7. The van der Waals surface area contributed by atoms with Crippen LogP contribution in [0.1, 0.15) is 6.92 Å². The number of anilines is 3. The van der Waals surface area contributed by atoms with Crippen LogP contribution in [0, 0.1) is 0 Å². The van der Waals surface area contributed by atoms with Crippen molar-refractivity contribution >= 4 is 70.8 Å². The average molecular weight is 540 g/mol. The first-order valence-corrected chi connectivity index (χ1v) is 10.1. The maximum Gasteiger partial charge on any atom is 0.308 e. The molecule has 0 aliphatic heterocycles. The van der Waals surface area contributed by atoms with E-state index in [1.54, 1.807) is 0 Å². The Kier molecular flexibility index (Phi) is 6.16. The smallest absolute Gasteiger partial charge is 0.308 e. The predicted octanol–water partition coefficient (Wildman–Crippen LogP) is 7.37. The number of hydrogen-bond donors (Lipinski definition) is 0. The minimum atomic E-state index is -0.360. The van der Waals surface area contributed by atoms with E-state index in [1.165, 1.54) is 6.92 Å². The van der Waals surface area contributed by atoms with Crippen LogP contribution in [-0.2, 0) is 4.79 Å². The van der Waals surface area contributed by atoms with E-state index in [1.807, 2.05) is 66.7 Å². The summed E-state index contributed by atoms with van der Waals surface area (Å²) in [6, 6.07) is 21.8. The van der Waals surface area contributed by atoms with E-state index in [2.05, 4.69) is 52.7 Å². The standard InChI is InChI=1S/C20H14Br3NO2/c1-13(25)26-20-12-18(10-11-19(20)23)24(16-6-2-14(21)3-7-16)17-8-4-15(22)5-9-17/h2-12H,1H3. The van der Waals surface area contributed by atoms with Crippen LogP contribution in [0.2, 0.25) is 0 Å². The van der Waals surface area contributed by atoms with E-state index in [0.717, 1.165) is 30.5 Å². The second-order valence-corrected chi connectivity index (χ2v) is 8.18. The van der Waals surface area contributed by atoms with E-state index in [-0.39, 0.29) is 5.97 Å². The van der Waals surface area contributed by atoms with Crippen molar-refractivity contribution in [2.75, 3.05) is 4.90 Å². The van der Waals surface area contributed by atoms with Crippen LogP contribution in [0.15, 0.2) is 80.1 Å². The van der Waals surface area contributed by atoms with Gasteiger partial charge in [-0.1, -0.05) is 31.9 Å². The number of carbonyl (C=O) groups is 1. The normalized spacial score (nSPS) is 10.5. The van der Waals surface area contributed by atoms with Crippen LogP contribution in [0.4, 0.5) is 17.1 Å². The highest BCUT2D eigenvalue weighted by atomic mass is 79.9. The molecule has 0 fully saturated rings. The van der Waals surface area contributed by atoms with Gasteiger partial charge in [0.15, 0.2) is 0 Å². The fourth-order valence-electron chi connectivity index (χ4n) is 2.49. The third-order valence-corrected chi connectivity index (χ3v) is 5.31. The zero-order chi connectivity index (χ0) is 18.7. The van der Waals surface area contributed by atoms with Crippen molar-refractivity contribution in [2.45, 2.75) is 6.92 Å². The Balaban J connectivity index is 2.12. The highest BCUT2D eigenvalue weighted by Gasteiger charge is 2.15. The van der Waals surface area contributed by atoms with Crippen LogP contribution in [0.25, 0.3) is 0 Å². The maximum absolute atomic E-state index is 11.4. The van der Waals surface area contributed by atoms with Crippen molar-refractivity contribution in [2.24, 2.45) is 0 Å². The lowest BCUT2D eigenvalue weighted by molar-refractivity contribution is -0.131. The van der Waals surface area contributed by atoms with Gasteiger partial charge in [0.05, 0.1) is 4.47 Å². The molecule has 3 aromatic carbocycles. The van der Waals surface area contributed by atoms with Gasteiger partial charge >= 0.3 is 5.97 Å². The Labute approximate surface area is 177 Å². The molecule has 0 amide bonds. The molecule has 0 saturated carbocycles. The summed E-state index contributed by atoms with van der Waals surface area (Å²) in [6.07, 6.45) is 0. The van der Waals surface area contributed by atoms with Crippen molar-refractivity contribution in [3.8, 4) is 5.75 Å². The van der Waals surface area contributed by atoms with Crippen molar-refractivity contribution < 1.29 is 9.53 Å². The molecular formula is C20H14Br3NO2. The van der Waals surface area contributed by atoms with Gasteiger partial charge in [0.1, 0.15) is 5.75 Å². The summed E-state index contributed by atoms with van der Waals surface area (Å²) in [4.78, 5) is 13.5. The van der Waals surface area contributed by atoms with Crippen LogP contribution in [0.3, 0.4) is 0 Å². The molecule has 0 aromatic heterocycles. The van der Waals surface area contributed by atoms with Crippen molar-refractivity contribution in [1.29, 1.82) is 0 Å². The van der Waals surface area contributed by atoms with Gasteiger partial charge in [-0.3, -0.25) is 4.79 Å². The molecule has 0 bridgehead atoms. The van der Waals surface area contributed by atoms with Crippen molar-refractivity contribution in [3.05, 3.63) is 80.1 Å². The number of benzene rings is 3. The van der Waals surface area contributed by atoms with E-state index in [4.69, 9.17) is 4.74 Å². The highest BCUT2D eigenvalue weighted by Crippen LogP contribution is 2.39. The number of carbonyl (C=O) groups excluding carboxylic acids is 1. The van der Waals surface area contributed by atoms with E-state index >= 15 is 0 Å². The molecule has 26 heavy (non-hydrogen) atoms. The van der Waals surface area contributed by atoms with Crippen LogP contribution < -0.4 is 9.64 Å². The van der Waals surface area contributed by atoms with E-state index < -0.39 is 0 Å². The molecule has 0 unspecified atom stereocenters. The zero-order valence-corrected chi connectivity index (χ0v) is 18.5. The second kappa shape index (κ2) is 8.37. The number of nitrogens with zero attached hydrogens (tertiary/aromatic N) is 1. The summed E-state index contributed by atoms with van der Waals surface area (Å²) >= 11 is 10.4. The highest BCUT2D eigenvalue weighted by molar-refractivity contribution is 9.11. The molecule has 132 valence electrons. The van der Waals surface area contributed by atoms with Gasteiger partial charge in [-0.25, -0.2) is 0 Å². The molecular weight excluding hydrogens is 526 g/mol. The number of hydrogen-bond acceptors (Lipinski definition) is 3. The summed E-state index contributed by atoms with van der Waals surface area (Å²) in [5.41, 5.74) is 2.87. The Bertz CT molecular complexity index is 879. The first-order chi connectivity index (χ1) is 12.4. The molecule has 0 spiro atoms. The van der Waals surface area contributed by atoms with Crippen molar-refractivity contribution in [3.63, 3.8) is 0 Å². The first kappa shape index (κ1) is 19.1. The van der Waals surface area contributed by atoms with Crippen LogP contribution >= 0.6 is 47.8 Å². The summed E-state index contributed by atoms with van der Waals surface area (Å²) < 4.78 is 8.06. The monoisotopic (exact) mass is 537 g/mol. The quantitative estimate of drug-likeness (QED) is 0.256. The predicted molar refractivity (Wildman–Crippen MR) is 116 cm³/mol. The Hall–Kier alpha value is -1.63. The summed E-state index contributed by atoms with van der Waals surface area (Å²) in [5.74, 6) is 0.121. The summed E-state index contributed by atoms with van der Waals surface area (Å²) in [7, 11) is 0. The molecule has 0 saturated heterocycles. The number of halogens is 3. The van der Waals surface area contributed by atoms with E-state index in [0.29, 0.717) is 5.75 Å². The van der Waals surface area contributed by atoms with Gasteiger partial charge in [0.25, 0.3) is 0 Å². The van der Waals surface area contributed by atoms with Gasteiger partial charge in [-0.2, -0.15) is 0 Å². The average Bonchev–Trinajstić information content (AvgIpc) is 2.61. The third kappa shape index (κ3) is 4.55. The second-order valence-electron chi connectivity index (χ2n) is 5.50. The fourth-order valence-corrected chi connectivity index (χ4v) is 3.35. The van der Waals surface area contributed by atoms with E-state index in [9.17, 15) is 4.79 Å². The first-order valence-electron chi connectivity index (χ1n) is 7.73. The topological polar surface area (TPSA) is 29.5 Å². The molecule has 0 radical (unpaired) electrons. The Morgan fingerprint density at radius 3 is 1.69 bits per heavy atom. The number of ether oxygens (including phenoxy) is 1. The number of esters is 1. The molecule has 0 heterocycles. The summed E-state index contributed by atoms with van der Waals surface area (Å²) in [5, 5.41) is 0. The van der Waals surface area contributed by atoms with Gasteiger partial charge in [-0.05, 0) is 76.6 Å². The Morgan fingerprint density at radius 1 is 0.769 bits per heavy atom. The van der Waals surface area contributed by atoms with Gasteiger partial charge in [-0.15, -0.1) is 0 Å².